The van der Waals surface area contributed by atoms with Gasteiger partial charge in [-0.25, -0.2) is 18.6 Å². The van der Waals surface area contributed by atoms with Crippen molar-refractivity contribution in [3.05, 3.63) is 39.7 Å². The molecule has 1 aliphatic carbocycles. The highest BCUT2D eigenvalue weighted by atomic mass is 32.1. The zero-order valence-electron chi connectivity index (χ0n) is 17.1. The van der Waals surface area contributed by atoms with Crippen LogP contribution in [0, 0.1) is 0 Å². The third kappa shape index (κ3) is 3.93. The summed E-state index contributed by atoms with van der Waals surface area (Å²) in [7, 11) is 1.48. The second-order valence-corrected chi connectivity index (χ2v) is 8.27. The molecular formula is C20H19F2N5O4S. The minimum absolute atomic E-state index is 0.00397. The van der Waals surface area contributed by atoms with Gasteiger partial charge >= 0.3 is 5.97 Å². The number of primary amides is 1. The predicted molar refractivity (Wildman–Crippen MR) is 112 cm³/mol. The Morgan fingerprint density at radius 2 is 2.06 bits per heavy atom. The fourth-order valence-corrected chi connectivity index (χ4v) is 4.44. The van der Waals surface area contributed by atoms with E-state index in [-0.39, 0.29) is 39.3 Å². The molecule has 1 aliphatic rings. The highest BCUT2D eigenvalue weighted by Crippen LogP contribution is 2.48. The summed E-state index contributed by atoms with van der Waals surface area (Å²) in [6.45, 7) is 1.81. The van der Waals surface area contributed by atoms with Crippen LogP contribution in [0.2, 0.25) is 0 Å². The largest absolute Gasteiger partial charge is 0.461 e. The highest BCUT2D eigenvalue weighted by Gasteiger charge is 2.32. The molecule has 1 saturated carbocycles. The Morgan fingerprint density at radius 1 is 1.34 bits per heavy atom. The van der Waals surface area contributed by atoms with Gasteiger partial charge in [-0.15, -0.1) is 11.3 Å². The number of carbonyl (C=O) groups is 3. The average molecular weight is 463 g/mol. The molecule has 0 saturated heterocycles. The maximum Gasteiger partial charge on any atom is 0.356 e. The van der Waals surface area contributed by atoms with E-state index in [1.807, 2.05) is 0 Å². The van der Waals surface area contributed by atoms with Crippen molar-refractivity contribution in [3.63, 3.8) is 0 Å². The standard InChI is InChI=1S/C20H19F2N5O4S/c1-3-31-20(30)12-7-11(26-27(12)2)18(29)25-14-13-9(8-4-5-8)6-10(16(21)22)24-19(13)32-15(14)17(23)28/h6-8,16H,3-5H2,1-2H3,(H2,23,28)(H,25,29). The molecule has 0 aromatic carbocycles. The number of nitrogens with two attached hydrogens (primary N) is 1. The van der Waals surface area contributed by atoms with E-state index >= 15 is 0 Å². The molecule has 4 rings (SSSR count). The number of anilines is 1. The fraction of sp³-hybridized carbons (Fsp3) is 0.350. The third-order valence-corrected chi connectivity index (χ3v) is 6.11. The lowest BCUT2D eigenvalue weighted by atomic mass is 10.0. The normalized spacial score (nSPS) is 13.5. The number of fused-ring (bicyclic) bond motifs is 1. The molecule has 2 amide bonds. The van der Waals surface area contributed by atoms with E-state index in [1.165, 1.54) is 23.9 Å². The summed E-state index contributed by atoms with van der Waals surface area (Å²) in [5, 5.41) is 7.08. The second kappa shape index (κ2) is 8.26. The summed E-state index contributed by atoms with van der Waals surface area (Å²) in [5.41, 5.74) is 5.80. The monoisotopic (exact) mass is 463 g/mol. The first-order chi connectivity index (χ1) is 15.2. The molecule has 3 aromatic rings. The van der Waals surface area contributed by atoms with E-state index in [9.17, 15) is 23.2 Å². The van der Waals surface area contributed by atoms with E-state index in [0.29, 0.717) is 10.9 Å². The van der Waals surface area contributed by atoms with Crippen molar-refractivity contribution in [2.75, 3.05) is 11.9 Å². The van der Waals surface area contributed by atoms with E-state index in [0.717, 1.165) is 24.2 Å². The van der Waals surface area contributed by atoms with Crippen molar-refractivity contribution >= 4 is 45.0 Å². The number of pyridine rings is 1. The molecule has 32 heavy (non-hydrogen) atoms. The first-order valence-corrected chi connectivity index (χ1v) is 10.6. The van der Waals surface area contributed by atoms with Crippen LogP contribution in [0.25, 0.3) is 10.2 Å². The van der Waals surface area contributed by atoms with Crippen LogP contribution in [0.15, 0.2) is 12.1 Å². The van der Waals surface area contributed by atoms with Crippen LogP contribution < -0.4 is 11.1 Å². The van der Waals surface area contributed by atoms with Gasteiger partial charge in [0.05, 0.1) is 12.3 Å². The van der Waals surface area contributed by atoms with Crippen LogP contribution in [-0.2, 0) is 11.8 Å². The maximum absolute atomic E-state index is 13.3. The second-order valence-electron chi connectivity index (χ2n) is 7.27. The Bertz CT molecular complexity index is 1250. The average Bonchev–Trinajstić information content (AvgIpc) is 3.41. The molecule has 3 heterocycles. The Kier molecular flexibility index (Phi) is 5.63. The quantitative estimate of drug-likeness (QED) is 0.517. The lowest BCUT2D eigenvalue weighted by Crippen LogP contribution is -2.17. The number of esters is 1. The number of amides is 2. The van der Waals surface area contributed by atoms with Crippen LogP contribution in [0.4, 0.5) is 14.5 Å². The summed E-state index contributed by atoms with van der Waals surface area (Å²) >= 11 is 0.847. The number of halogens is 2. The molecule has 9 nitrogen and oxygen atoms in total. The van der Waals surface area contributed by atoms with Crippen molar-refractivity contribution in [2.45, 2.75) is 32.1 Å². The van der Waals surface area contributed by atoms with Crippen LogP contribution in [-0.4, -0.2) is 39.2 Å². The number of alkyl halides is 2. The first-order valence-electron chi connectivity index (χ1n) is 9.79. The molecule has 168 valence electrons. The highest BCUT2D eigenvalue weighted by molar-refractivity contribution is 7.21. The van der Waals surface area contributed by atoms with Gasteiger partial charge in [0.25, 0.3) is 18.2 Å². The predicted octanol–water partition coefficient (Wildman–Crippen LogP) is 3.37. The van der Waals surface area contributed by atoms with Gasteiger partial charge in [0.1, 0.15) is 21.1 Å². The van der Waals surface area contributed by atoms with Gasteiger partial charge in [0.2, 0.25) is 0 Å². The molecule has 1 fully saturated rings. The molecule has 3 N–H and O–H groups in total. The number of nitrogens with one attached hydrogen (secondary N) is 1. The number of nitrogens with zero attached hydrogens (tertiary/aromatic N) is 3. The summed E-state index contributed by atoms with van der Waals surface area (Å²) in [5.74, 6) is -2.12. The summed E-state index contributed by atoms with van der Waals surface area (Å²) in [6.07, 6.45) is -1.16. The number of hydrogen-bond donors (Lipinski definition) is 2. The SMILES string of the molecule is CCOC(=O)c1cc(C(=O)Nc2c(C(N)=O)sc3nc(C(F)F)cc(C4CC4)c23)nn1C. The Labute approximate surface area is 184 Å². The number of hydrogen-bond acceptors (Lipinski definition) is 7. The minimum Gasteiger partial charge on any atom is -0.461 e. The van der Waals surface area contributed by atoms with Crippen molar-refractivity contribution in [1.82, 2.24) is 14.8 Å². The fourth-order valence-electron chi connectivity index (χ4n) is 3.42. The van der Waals surface area contributed by atoms with E-state index < -0.39 is 29.9 Å². The minimum atomic E-state index is -2.77. The molecule has 0 bridgehead atoms. The van der Waals surface area contributed by atoms with Crippen molar-refractivity contribution in [3.8, 4) is 0 Å². The van der Waals surface area contributed by atoms with Gasteiger partial charge in [-0.1, -0.05) is 0 Å². The topological polar surface area (TPSA) is 129 Å². The van der Waals surface area contributed by atoms with Gasteiger partial charge in [-0.3, -0.25) is 14.3 Å². The van der Waals surface area contributed by atoms with Crippen LogP contribution in [0.3, 0.4) is 0 Å². The van der Waals surface area contributed by atoms with Gasteiger partial charge in [-0.05, 0) is 37.3 Å². The van der Waals surface area contributed by atoms with Crippen molar-refractivity contribution in [2.24, 2.45) is 12.8 Å². The number of ether oxygens (including phenoxy) is 1. The van der Waals surface area contributed by atoms with Crippen molar-refractivity contribution < 1.29 is 27.9 Å². The zero-order valence-corrected chi connectivity index (χ0v) is 18.0. The first kappa shape index (κ1) is 21.8. The van der Waals surface area contributed by atoms with E-state index in [4.69, 9.17) is 10.5 Å². The number of thiophene rings is 1. The Hall–Kier alpha value is -3.41. The number of aryl methyl sites for hydroxylation is 1. The lowest BCUT2D eigenvalue weighted by molar-refractivity contribution is 0.0513. The lowest BCUT2D eigenvalue weighted by Gasteiger charge is -2.09. The summed E-state index contributed by atoms with van der Waals surface area (Å²) < 4.78 is 32.8. The molecule has 0 aliphatic heterocycles. The van der Waals surface area contributed by atoms with Gasteiger partial charge in [0.15, 0.2) is 5.69 Å². The van der Waals surface area contributed by atoms with Crippen LogP contribution in [0.5, 0.6) is 0 Å². The Morgan fingerprint density at radius 3 is 2.66 bits per heavy atom. The molecule has 0 unspecified atom stereocenters. The third-order valence-electron chi connectivity index (χ3n) is 5.01. The van der Waals surface area contributed by atoms with Gasteiger partial charge in [-0.2, -0.15) is 5.10 Å². The molecular weight excluding hydrogens is 444 g/mol. The zero-order chi connectivity index (χ0) is 23.2. The number of carbonyl (C=O) groups excluding carboxylic acids is 3. The summed E-state index contributed by atoms with van der Waals surface area (Å²) in [4.78, 5) is 41.2. The number of aromatic nitrogens is 3. The number of rotatable bonds is 7. The molecule has 12 heteroatoms. The maximum atomic E-state index is 13.3. The van der Waals surface area contributed by atoms with Crippen molar-refractivity contribution in [1.29, 1.82) is 0 Å². The summed E-state index contributed by atoms with van der Waals surface area (Å²) in [6, 6.07) is 2.58. The van der Waals surface area contributed by atoms with Gasteiger partial charge < -0.3 is 15.8 Å². The van der Waals surface area contributed by atoms with Crippen LogP contribution >= 0.6 is 11.3 Å². The van der Waals surface area contributed by atoms with E-state index in [2.05, 4.69) is 15.4 Å². The molecule has 3 aromatic heterocycles. The molecule has 0 spiro atoms. The molecule has 0 atom stereocenters. The Balaban J connectivity index is 1.78. The van der Waals surface area contributed by atoms with E-state index in [1.54, 1.807) is 6.92 Å². The van der Waals surface area contributed by atoms with Gasteiger partial charge in [0, 0.05) is 18.5 Å². The molecule has 0 radical (unpaired) electrons. The van der Waals surface area contributed by atoms with Crippen LogP contribution in [0.1, 0.15) is 74.0 Å². The smallest absolute Gasteiger partial charge is 0.356 e.